The van der Waals surface area contributed by atoms with Gasteiger partial charge in [-0.1, -0.05) is 17.7 Å². The van der Waals surface area contributed by atoms with Crippen molar-refractivity contribution < 1.29 is 13.9 Å². The van der Waals surface area contributed by atoms with Crippen molar-refractivity contribution in [2.75, 3.05) is 11.9 Å². The molecule has 21 heavy (non-hydrogen) atoms. The zero-order chi connectivity index (χ0) is 15.2. The first-order valence-corrected chi connectivity index (χ1v) is 6.35. The minimum Gasteiger partial charge on any atom is -0.484 e. The van der Waals surface area contributed by atoms with E-state index in [4.69, 9.17) is 21.6 Å². The van der Waals surface area contributed by atoms with Crippen molar-refractivity contribution in [3.63, 3.8) is 0 Å². The lowest BCUT2D eigenvalue weighted by Crippen LogP contribution is -2.20. The molecular formula is C15H10ClFN2O2. The molecule has 0 spiro atoms. The molecule has 0 unspecified atom stereocenters. The van der Waals surface area contributed by atoms with Gasteiger partial charge in [-0.05, 0) is 36.4 Å². The predicted molar refractivity (Wildman–Crippen MR) is 76.7 cm³/mol. The van der Waals surface area contributed by atoms with Gasteiger partial charge in [0, 0.05) is 5.02 Å². The molecule has 0 heterocycles. The number of amides is 1. The minimum atomic E-state index is -0.686. The molecule has 0 saturated heterocycles. The van der Waals surface area contributed by atoms with Crippen LogP contribution in [0.5, 0.6) is 5.75 Å². The van der Waals surface area contributed by atoms with E-state index >= 15 is 0 Å². The second-order valence-electron chi connectivity index (χ2n) is 4.06. The minimum absolute atomic E-state index is 0.113. The standard InChI is InChI=1S/C15H10ClFN2O2/c16-10-4-6-11(7-5-10)21-9-15(20)19-14-3-1-2-13(17)12(14)8-18/h1-7H,9H2,(H,19,20). The average Bonchev–Trinajstić information content (AvgIpc) is 2.47. The van der Waals surface area contributed by atoms with E-state index in [1.54, 1.807) is 30.3 Å². The van der Waals surface area contributed by atoms with E-state index in [1.165, 1.54) is 12.1 Å². The summed E-state index contributed by atoms with van der Waals surface area (Å²) in [5.41, 5.74) is -0.0976. The monoisotopic (exact) mass is 304 g/mol. The van der Waals surface area contributed by atoms with Gasteiger partial charge < -0.3 is 10.1 Å². The Balaban J connectivity index is 1.98. The van der Waals surface area contributed by atoms with Crippen LogP contribution in [0.2, 0.25) is 5.02 Å². The summed E-state index contributed by atoms with van der Waals surface area (Å²) in [5.74, 6) is -0.699. The fraction of sp³-hybridized carbons (Fsp3) is 0.0667. The normalized spacial score (nSPS) is 9.76. The van der Waals surface area contributed by atoms with Gasteiger partial charge in [0.2, 0.25) is 0 Å². The summed E-state index contributed by atoms with van der Waals surface area (Å²) in [6.45, 7) is -0.261. The number of benzene rings is 2. The summed E-state index contributed by atoms with van der Waals surface area (Å²) in [5, 5.41) is 11.9. The maximum atomic E-state index is 13.4. The van der Waals surface area contributed by atoms with Crippen molar-refractivity contribution in [2.45, 2.75) is 0 Å². The molecule has 2 aromatic rings. The molecule has 1 N–H and O–H groups in total. The van der Waals surface area contributed by atoms with Gasteiger partial charge in [-0.2, -0.15) is 5.26 Å². The third-order valence-electron chi connectivity index (χ3n) is 2.58. The molecule has 2 aromatic carbocycles. The van der Waals surface area contributed by atoms with Gasteiger partial charge in [0.1, 0.15) is 23.2 Å². The van der Waals surface area contributed by atoms with Gasteiger partial charge in [-0.25, -0.2) is 4.39 Å². The fourth-order valence-electron chi connectivity index (χ4n) is 1.61. The first-order valence-electron chi connectivity index (χ1n) is 5.97. The van der Waals surface area contributed by atoms with Crippen LogP contribution in [-0.2, 0) is 4.79 Å². The molecule has 0 bridgehead atoms. The molecule has 0 aromatic heterocycles. The molecule has 0 fully saturated rings. The number of rotatable bonds is 4. The second-order valence-corrected chi connectivity index (χ2v) is 4.50. The number of ether oxygens (including phenoxy) is 1. The molecule has 0 aliphatic rings. The van der Waals surface area contributed by atoms with Crippen molar-refractivity contribution in [3.8, 4) is 11.8 Å². The third-order valence-corrected chi connectivity index (χ3v) is 2.84. The van der Waals surface area contributed by atoms with Gasteiger partial charge in [0.05, 0.1) is 5.69 Å². The molecule has 0 radical (unpaired) electrons. The molecule has 0 atom stereocenters. The number of nitrogens with zero attached hydrogens (tertiary/aromatic N) is 1. The van der Waals surface area contributed by atoms with Gasteiger partial charge in [0.15, 0.2) is 6.61 Å². The molecule has 6 heteroatoms. The summed E-state index contributed by atoms with van der Waals surface area (Å²) in [6.07, 6.45) is 0. The van der Waals surface area contributed by atoms with Crippen LogP contribution in [0.25, 0.3) is 0 Å². The third kappa shape index (κ3) is 3.94. The second kappa shape index (κ2) is 6.73. The Morgan fingerprint density at radius 1 is 1.29 bits per heavy atom. The van der Waals surface area contributed by atoms with E-state index in [9.17, 15) is 9.18 Å². The lowest BCUT2D eigenvalue weighted by molar-refractivity contribution is -0.118. The van der Waals surface area contributed by atoms with Crippen molar-refractivity contribution in [3.05, 3.63) is 58.9 Å². The molecule has 1 amide bonds. The van der Waals surface area contributed by atoms with Crippen molar-refractivity contribution in [1.29, 1.82) is 5.26 Å². The van der Waals surface area contributed by atoms with Crippen molar-refractivity contribution in [1.82, 2.24) is 0 Å². The largest absolute Gasteiger partial charge is 0.484 e. The highest BCUT2D eigenvalue weighted by molar-refractivity contribution is 6.30. The van der Waals surface area contributed by atoms with Crippen molar-refractivity contribution in [2.24, 2.45) is 0 Å². The van der Waals surface area contributed by atoms with E-state index in [-0.39, 0.29) is 17.9 Å². The number of anilines is 1. The Morgan fingerprint density at radius 3 is 2.67 bits per heavy atom. The number of carbonyl (C=O) groups is 1. The Hall–Kier alpha value is -2.58. The molecule has 106 valence electrons. The molecule has 0 saturated carbocycles. The summed E-state index contributed by atoms with van der Waals surface area (Å²) < 4.78 is 18.6. The molecule has 4 nitrogen and oxygen atoms in total. The zero-order valence-corrected chi connectivity index (χ0v) is 11.5. The van der Waals surface area contributed by atoms with E-state index in [2.05, 4.69) is 5.32 Å². The van der Waals surface area contributed by atoms with Gasteiger partial charge in [-0.15, -0.1) is 0 Å². The lowest BCUT2D eigenvalue weighted by atomic mass is 10.2. The number of nitriles is 1. The Kier molecular flexibility index (Phi) is 4.75. The maximum absolute atomic E-state index is 13.4. The summed E-state index contributed by atoms with van der Waals surface area (Å²) in [6, 6.07) is 12.2. The molecule has 0 aliphatic heterocycles. The molecule has 0 aliphatic carbocycles. The molecular weight excluding hydrogens is 295 g/mol. The molecule has 2 rings (SSSR count). The van der Waals surface area contributed by atoms with Crippen LogP contribution in [0, 0.1) is 17.1 Å². The SMILES string of the molecule is N#Cc1c(F)cccc1NC(=O)COc1ccc(Cl)cc1. The van der Waals surface area contributed by atoms with E-state index in [1.807, 2.05) is 0 Å². The number of hydrogen-bond donors (Lipinski definition) is 1. The maximum Gasteiger partial charge on any atom is 0.262 e. The van der Waals surface area contributed by atoms with Gasteiger partial charge in [-0.3, -0.25) is 4.79 Å². The number of halogens is 2. The summed E-state index contributed by atoms with van der Waals surface area (Å²) in [7, 11) is 0. The van der Waals surface area contributed by atoms with E-state index in [0.717, 1.165) is 6.07 Å². The van der Waals surface area contributed by atoms with E-state index in [0.29, 0.717) is 10.8 Å². The smallest absolute Gasteiger partial charge is 0.262 e. The highest BCUT2D eigenvalue weighted by Crippen LogP contribution is 2.18. The Morgan fingerprint density at radius 2 is 2.00 bits per heavy atom. The van der Waals surface area contributed by atoms with E-state index < -0.39 is 11.7 Å². The van der Waals surface area contributed by atoms with Crippen LogP contribution in [-0.4, -0.2) is 12.5 Å². The highest BCUT2D eigenvalue weighted by atomic mass is 35.5. The van der Waals surface area contributed by atoms with Crippen LogP contribution >= 0.6 is 11.6 Å². The number of hydrogen-bond acceptors (Lipinski definition) is 3. The quantitative estimate of drug-likeness (QED) is 0.942. The Bertz CT molecular complexity index is 696. The first-order chi connectivity index (χ1) is 10.1. The average molecular weight is 305 g/mol. The fourth-order valence-corrected chi connectivity index (χ4v) is 1.73. The number of carbonyl (C=O) groups excluding carboxylic acids is 1. The Labute approximate surface area is 125 Å². The summed E-state index contributed by atoms with van der Waals surface area (Å²) in [4.78, 5) is 11.7. The topological polar surface area (TPSA) is 62.1 Å². The highest BCUT2D eigenvalue weighted by Gasteiger charge is 2.11. The number of nitrogens with one attached hydrogen (secondary N) is 1. The van der Waals surface area contributed by atoms with Gasteiger partial charge in [0.25, 0.3) is 5.91 Å². The van der Waals surface area contributed by atoms with Crippen LogP contribution in [0.1, 0.15) is 5.56 Å². The van der Waals surface area contributed by atoms with Crippen molar-refractivity contribution >= 4 is 23.2 Å². The van der Waals surface area contributed by atoms with Crippen LogP contribution in [0.4, 0.5) is 10.1 Å². The first kappa shape index (κ1) is 14.8. The van der Waals surface area contributed by atoms with Crippen LogP contribution in [0.15, 0.2) is 42.5 Å². The predicted octanol–water partition coefficient (Wildman–Crippen LogP) is 3.37. The van der Waals surface area contributed by atoms with Crippen LogP contribution < -0.4 is 10.1 Å². The lowest BCUT2D eigenvalue weighted by Gasteiger charge is -2.09. The van der Waals surface area contributed by atoms with Crippen LogP contribution in [0.3, 0.4) is 0 Å². The zero-order valence-electron chi connectivity index (χ0n) is 10.8. The van der Waals surface area contributed by atoms with Gasteiger partial charge >= 0.3 is 0 Å². The summed E-state index contributed by atoms with van der Waals surface area (Å²) >= 11 is 5.73.